The first kappa shape index (κ1) is 16.0. The van der Waals surface area contributed by atoms with Gasteiger partial charge in [0.1, 0.15) is 0 Å². The quantitative estimate of drug-likeness (QED) is 0.580. The summed E-state index contributed by atoms with van der Waals surface area (Å²) in [6.45, 7) is 2.20. The topological polar surface area (TPSA) is 41.5 Å². The summed E-state index contributed by atoms with van der Waals surface area (Å²) in [4.78, 5) is 12.1. The van der Waals surface area contributed by atoms with Gasteiger partial charge in [0, 0.05) is 4.47 Å². The molecular weight excluding hydrogens is 328 g/mol. The molecule has 112 valence electrons. The van der Waals surface area contributed by atoms with Gasteiger partial charge in [0.25, 0.3) is 5.91 Å². The number of hydrogen-bond donors (Lipinski definition) is 1. The molecule has 0 spiro atoms. The van der Waals surface area contributed by atoms with Crippen LogP contribution in [0.5, 0.6) is 0 Å². The second-order valence-corrected chi connectivity index (χ2v) is 6.06. The highest BCUT2D eigenvalue weighted by atomic mass is 79.9. The van der Waals surface area contributed by atoms with Crippen LogP contribution in [-0.2, 0) is 0 Å². The van der Waals surface area contributed by atoms with Crippen LogP contribution in [0.3, 0.4) is 0 Å². The summed E-state index contributed by atoms with van der Waals surface area (Å²) in [7, 11) is 0. The minimum atomic E-state index is -0.171. The summed E-state index contributed by atoms with van der Waals surface area (Å²) in [6.07, 6.45) is 8.94. The zero-order valence-electron chi connectivity index (χ0n) is 12.4. The number of halogens is 1. The zero-order chi connectivity index (χ0) is 15.1. The Morgan fingerprint density at radius 1 is 1.33 bits per heavy atom. The van der Waals surface area contributed by atoms with Gasteiger partial charge in [0.2, 0.25) is 0 Å². The number of hydrogen-bond acceptors (Lipinski definition) is 2. The molecule has 0 saturated heterocycles. The predicted molar refractivity (Wildman–Crippen MR) is 90.5 cm³/mol. The molecule has 0 saturated carbocycles. The lowest BCUT2D eigenvalue weighted by molar-refractivity contribution is 0.0954. The Morgan fingerprint density at radius 3 is 2.90 bits per heavy atom. The molecular formula is C17H21BrN2O. The third-order valence-corrected chi connectivity index (χ3v) is 4.29. The number of carbonyl (C=O) groups excluding carboxylic acids is 1. The van der Waals surface area contributed by atoms with Gasteiger partial charge in [-0.1, -0.05) is 38.0 Å². The number of nitrogens with one attached hydrogen (secondary N) is 1. The molecule has 0 atom stereocenters. The van der Waals surface area contributed by atoms with Crippen molar-refractivity contribution in [1.82, 2.24) is 5.43 Å². The second kappa shape index (κ2) is 8.13. The average molecular weight is 349 g/mol. The molecule has 1 aromatic rings. The first-order valence-electron chi connectivity index (χ1n) is 7.53. The smallest absolute Gasteiger partial charge is 0.267 e. The average Bonchev–Trinajstić information content (AvgIpc) is 2.93. The Labute approximate surface area is 134 Å². The molecule has 2 rings (SSSR count). The Bertz CT molecular complexity index is 564. The van der Waals surface area contributed by atoms with Gasteiger partial charge in [-0.3, -0.25) is 4.79 Å². The first-order valence-corrected chi connectivity index (χ1v) is 8.32. The van der Waals surface area contributed by atoms with E-state index in [9.17, 15) is 4.79 Å². The van der Waals surface area contributed by atoms with Crippen molar-refractivity contribution in [1.29, 1.82) is 0 Å². The summed E-state index contributed by atoms with van der Waals surface area (Å²) >= 11 is 3.38. The van der Waals surface area contributed by atoms with E-state index in [0.717, 1.165) is 29.4 Å². The monoisotopic (exact) mass is 348 g/mol. The lowest BCUT2D eigenvalue weighted by Crippen LogP contribution is -2.20. The number of allylic oxidation sites excluding steroid dienone is 2. The number of nitrogens with zero attached hydrogens (tertiary/aromatic N) is 1. The maximum Gasteiger partial charge on any atom is 0.272 e. The molecule has 4 heteroatoms. The number of benzene rings is 1. The molecule has 1 N–H and O–H groups in total. The molecule has 0 unspecified atom stereocenters. The maximum atomic E-state index is 12.1. The van der Waals surface area contributed by atoms with E-state index in [1.165, 1.54) is 24.8 Å². The number of amides is 1. The Hall–Kier alpha value is -1.42. The minimum absolute atomic E-state index is 0.171. The lowest BCUT2D eigenvalue weighted by atomic mass is 10.1. The highest BCUT2D eigenvalue weighted by Gasteiger charge is 2.14. The largest absolute Gasteiger partial charge is 0.272 e. The number of unbranched alkanes of at least 4 members (excludes halogenated alkanes) is 2. The number of rotatable bonds is 6. The molecule has 3 nitrogen and oxygen atoms in total. The number of carbonyl (C=O) groups is 1. The summed E-state index contributed by atoms with van der Waals surface area (Å²) < 4.78 is 0.785. The Kier molecular flexibility index (Phi) is 6.18. The SMILES string of the molecule is CCCCCC1=CCC/C1=N/NC(=O)c1ccccc1Br. The van der Waals surface area contributed by atoms with Gasteiger partial charge >= 0.3 is 0 Å². The molecule has 21 heavy (non-hydrogen) atoms. The van der Waals surface area contributed by atoms with Crippen molar-refractivity contribution < 1.29 is 4.79 Å². The normalized spacial score (nSPS) is 16.1. The van der Waals surface area contributed by atoms with E-state index in [-0.39, 0.29) is 5.91 Å². The van der Waals surface area contributed by atoms with E-state index >= 15 is 0 Å². The highest BCUT2D eigenvalue weighted by Crippen LogP contribution is 2.21. The predicted octanol–water partition coefficient (Wildman–Crippen LogP) is 4.84. The standard InChI is InChI=1S/C17H21BrN2O/c1-2-3-4-8-13-9-7-12-16(13)19-20-17(21)14-10-5-6-11-15(14)18/h5-6,9-11H,2-4,7-8,12H2,1H3,(H,20,21)/b19-16-. The van der Waals surface area contributed by atoms with Crippen molar-refractivity contribution in [3.8, 4) is 0 Å². The van der Waals surface area contributed by atoms with Crippen LogP contribution in [0.4, 0.5) is 0 Å². The van der Waals surface area contributed by atoms with Gasteiger partial charge in [-0.05, 0) is 59.3 Å². The second-order valence-electron chi connectivity index (χ2n) is 5.20. The van der Waals surface area contributed by atoms with Crippen LogP contribution in [0, 0.1) is 0 Å². The third kappa shape index (κ3) is 4.53. The summed E-state index contributed by atoms with van der Waals surface area (Å²) in [5, 5.41) is 4.33. The van der Waals surface area contributed by atoms with E-state index < -0.39 is 0 Å². The molecule has 0 fully saturated rings. The van der Waals surface area contributed by atoms with Gasteiger partial charge in [-0.25, -0.2) is 5.43 Å². The van der Waals surface area contributed by atoms with Crippen LogP contribution < -0.4 is 5.43 Å². The molecule has 0 heterocycles. The van der Waals surface area contributed by atoms with E-state index in [1.807, 2.05) is 18.2 Å². The van der Waals surface area contributed by atoms with E-state index in [2.05, 4.69) is 39.5 Å². The third-order valence-electron chi connectivity index (χ3n) is 3.60. The molecule has 1 amide bonds. The van der Waals surface area contributed by atoms with Crippen LogP contribution in [0.25, 0.3) is 0 Å². The van der Waals surface area contributed by atoms with Crippen molar-refractivity contribution in [3.63, 3.8) is 0 Å². The van der Waals surface area contributed by atoms with E-state index in [4.69, 9.17) is 0 Å². The Balaban J connectivity index is 1.96. The van der Waals surface area contributed by atoms with Gasteiger partial charge in [-0.2, -0.15) is 5.10 Å². The number of hydrazone groups is 1. The fourth-order valence-corrected chi connectivity index (χ4v) is 2.89. The van der Waals surface area contributed by atoms with Crippen LogP contribution in [0.15, 0.2) is 45.5 Å². The molecule has 1 aromatic carbocycles. The van der Waals surface area contributed by atoms with E-state index in [0.29, 0.717) is 5.56 Å². The van der Waals surface area contributed by atoms with Crippen molar-refractivity contribution in [3.05, 3.63) is 46.0 Å². The summed E-state index contributed by atoms with van der Waals surface area (Å²) in [5.41, 5.74) is 5.62. The zero-order valence-corrected chi connectivity index (χ0v) is 13.9. The van der Waals surface area contributed by atoms with Crippen molar-refractivity contribution >= 4 is 27.5 Å². The van der Waals surface area contributed by atoms with Crippen LogP contribution >= 0.6 is 15.9 Å². The molecule has 0 radical (unpaired) electrons. The first-order chi connectivity index (χ1) is 10.2. The van der Waals surface area contributed by atoms with Crippen LogP contribution in [-0.4, -0.2) is 11.6 Å². The fraction of sp³-hybridized carbons (Fsp3) is 0.412. The molecule has 0 bridgehead atoms. The van der Waals surface area contributed by atoms with Crippen LogP contribution in [0.1, 0.15) is 55.8 Å². The fourth-order valence-electron chi connectivity index (χ4n) is 2.42. The Morgan fingerprint density at radius 2 is 2.14 bits per heavy atom. The van der Waals surface area contributed by atoms with Crippen LogP contribution in [0.2, 0.25) is 0 Å². The van der Waals surface area contributed by atoms with Crippen molar-refractivity contribution in [2.45, 2.75) is 45.4 Å². The van der Waals surface area contributed by atoms with Gasteiger partial charge in [0.15, 0.2) is 0 Å². The van der Waals surface area contributed by atoms with Gasteiger partial charge < -0.3 is 0 Å². The molecule has 0 aliphatic heterocycles. The van der Waals surface area contributed by atoms with Crippen molar-refractivity contribution in [2.24, 2.45) is 5.10 Å². The van der Waals surface area contributed by atoms with E-state index in [1.54, 1.807) is 6.07 Å². The lowest BCUT2D eigenvalue weighted by Gasteiger charge is -2.06. The minimum Gasteiger partial charge on any atom is -0.267 e. The summed E-state index contributed by atoms with van der Waals surface area (Å²) in [6, 6.07) is 7.37. The van der Waals surface area contributed by atoms with Gasteiger partial charge in [-0.15, -0.1) is 0 Å². The highest BCUT2D eigenvalue weighted by molar-refractivity contribution is 9.10. The molecule has 1 aliphatic rings. The van der Waals surface area contributed by atoms with Gasteiger partial charge in [0.05, 0.1) is 11.3 Å². The summed E-state index contributed by atoms with van der Waals surface area (Å²) in [5.74, 6) is -0.171. The molecule has 1 aliphatic carbocycles. The van der Waals surface area contributed by atoms with Crippen molar-refractivity contribution in [2.75, 3.05) is 0 Å². The molecule has 0 aromatic heterocycles. The maximum absolute atomic E-state index is 12.1.